The molecule has 0 aromatic carbocycles. The third kappa shape index (κ3) is 9.31. The largest absolute Gasteiger partial charge is 0.264 e. The fourth-order valence-electron chi connectivity index (χ4n) is 1.34. The van der Waals surface area contributed by atoms with Gasteiger partial charge in [0, 0.05) is 13.6 Å². The summed E-state index contributed by atoms with van der Waals surface area (Å²) in [4.78, 5) is 9.99. The number of hydrogen-bond donors (Lipinski definition) is 0. The summed E-state index contributed by atoms with van der Waals surface area (Å²) in [5.74, 6) is 0. The summed E-state index contributed by atoms with van der Waals surface area (Å²) in [5.41, 5.74) is 0. The van der Waals surface area contributed by atoms with Crippen molar-refractivity contribution in [3.05, 3.63) is 4.91 Å². The van der Waals surface area contributed by atoms with Crippen LogP contribution in [0, 0.1) is 4.91 Å². The van der Waals surface area contributed by atoms with E-state index in [1.807, 2.05) is 0 Å². The molecule has 0 spiro atoms. The van der Waals surface area contributed by atoms with Gasteiger partial charge in [-0.15, -0.1) is 4.91 Å². The zero-order chi connectivity index (χ0) is 9.94. The van der Waals surface area contributed by atoms with Crippen LogP contribution in [0.5, 0.6) is 0 Å². The monoisotopic (exact) mass is 186 g/mol. The molecule has 0 aliphatic rings. The lowest BCUT2D eigenvalue weighted by Gasteiger charge is -2.07. The number of nitroso groups, excluding NO2 is 1. The molecule has 3 nitrogen and oxygen atoms in total. The Labute approximate surface area is 81.4 Å². The molecule has 0 bridgehead atoms. The molecule has 0 aromatic rings. The van der Waals surface area contributed by atoms with Gasteiger partial charge in [-0.1, -0.05) is 45.4 Å². The lowest BCUT2D eigenvalue weighted by atomic mass is 10.1. The molecule has 0 heterocycles. The van der Waals surface area contributed by atoms with Gasteiger partial charge in [0.15, 0.2) is 0 Å². The standard InChI is InChI=1S/C10H22N2O/c1-3-4-5-6-7-8-9-10-12(2)11-13/h3-10H2,1-2H3. The molecule has 13 heavy (non-hydrogen) atoms. The van der Waals surface area contributed by atoms with Crippen molar-refractivity contribution in [3.63, 3.8) is 0 Å². The van der Waals surface area contributed by atoms with E-state index in [1.165, 1.54) is 43.5 Å². The summed E-state index contributed by atoms with van der Waals surface area (Å²) in [7, 11) is 1.73. The van der Waals surface area contributed by atoms with Crippen molar-refractivity contribution in [2.45, 2.75) is 51.9 Å². The van der Waals surface area contributed by atoms with Crippen molar-refractivity contribution < 1.29 is 0 Å². The highest BCUT2D eigenvalue weighted by Crippen LogP contribution is 2.06. The van der Waals surface area contributed by atoms with Gasteiger partial charge < -0.3 is 0 Å². The van der Waals surface area contributed by atoms with Gasteiger partial charge in [0.1, 0.15) is 0 Å². The van der Waals surface area contributed by atoms with E-state index in [-0.39, 0.29) is 0 Å². The second kappa shape index (κ2) is 9.49. The molecular weight excluding hydrogens is 164 g/mol. The van der Waals surface area contributed by atoms with E-state index < -0.39 is 0 Å². The minimum Gasteiger partial charge on any atom is -0.264 e. The molecule has 0 amide bonds. The molecule has 0 aliphatic heterocycles. The van der Waals surface area contributed by atoms with Gasteiger partial charge in [-0.05, 0) is 6.42 Å². The van der Waals surface area contributed by atoms with Crippen LogP contribution in [0.1, 0.15) is 51.9 Å². The lowest BCUT2D eigenvalue weighted by molar-refractivity contribution is 0.337. The Morgan fingerprint density at radius 2 is 1.54 bits per heavy atom. The molecule has 0 aromatic heterocycles. The van der Waals surface area contributed by atoms with Crippen LogP contribution in [0.2, 0.25) is 0 Å². The summed E-state index contributed by atoms with van der Waals surface area (Å²) >= 11 is 0. The van der Waals surface area contributed by atoms with Crippen LogP contribution < -0.4 is 0 Å². The van der Waals surface area contributed by atoms with E-state index in [0.29, 0.717) is 0 Å². The topological polar surface area (TPSA) is 32.7 Å². The molecule has 78 valence electrons. The third-order valence-electron chi connectivity index (χ3n) is 2.22. The molecule has 0 saturated carbocycles. The summed E-state index contributed by atoms with van der Waals surface area (Å²) in [5, 5.41) is 4.28. The number of rotatable bonds is 9. The maximum absolute atomic E-state index is 9.99. The average Bonchev–Trinajstić information content (AvgIpc) is 2.16. The smallest absolute Gasteiger partial charge is 0.0521 e. The predicted molar refractivity (Wildman–Crippen MR) is 56.4 cm³/mol. The quantitative estimate of drug-likeness (QED) is 0.314. The minimum atomic E-state index is 0.803. The summed E-state index contributed by atoms with van der Waals surface area (Å²) in [6, 6.07) is 0. The molecule has 0 unspecified atom stereocenters. The maximum Gasteiger partial charge on any atom is 0.0521 e. The van der Waals surface area contributed by atoms with Crippen molar-refractivity contribution in [1.29, 1.82) is 0 Å². The molecule has 0 radical (unpaired) electrons. The van der Waals surface area contributed by atoms with Crippen LogP contribution in [0.4, 0.5) is 0 Å². The van der Waals surface area contributed by atoms with Gasteiger partial charge in [-0.3, -0.25) is 5.01 Å². The zero-order valence-corrected chi connectivity index (χ0v) is 8.96. The summed E-state index contributed by atoms with van der Waals surface area (Å²) in [6.45, 7) is 3.03. The van der Waals surface area contributed by atoms with Crippen LogP contribution in [0.3, 0.4) is 0 Å². The minimum absolute atomic E-state index is 0.803. The van der Waals surface area contributed by atoms with Gasteiger partial charge in [0.25, 0.3) is 0 Å². The van der Waals surface area contributed by atoms with Gasteiger partial charge in [0.2, 0.25) is 0 Å². The predicted octanol–water partition coefficient (Wildman–Crippen LogP) is 3.35. The van der Waals surface area contributed by atoms with Gasteiger partial charge >= 0.3 is 0 Å². The van der Waals surface area contributed by atoms with Gasteiger partial charge in [0.05, 0.1) is 5.29 Å². The highest BCUT2D eigenvalue weighted by molar-refractivity contribution is 4.48. The SMILES string of the molecule is CCCCCCCCCN(C)N=O. The van der Waals surface area contributed by atoms with Gasteiger partial charge in [-0.2, -0.15) is 0 Å². The summed E-state index contributed by atoms with van der Waals surface area (Å²) < 4.78 is 0. The molecular formula is C10H22N2O. The van der Waals surface area contributed by atoms with Crippen molar-refractivity contribution in [2.75, 3.05) is 13.6 Å². The highest BCUT2D eigenvalue weighted by atomic mass is 16.3. The average molecular weight is 186 g/mol. The van der Waals surface area contributed by atoms with Crippen LogP contribution in [0.15, 0.2) is 5.29 Å². The van der Waals surface area contributed by atoms with E-state index in [2.05, 4.69) is 12.2 Å². The fourth-order valence-corrected chi connectivity index (χ4v) is 1.34. The Morgan fingerprint density at radius 3 is 2.08 bits per heavy atom. The fraction of sp³-hybridized carbons (Fsp3) is 1.00. The highest BCUT2D eigenvalue weighted by Gasteiger charge is 1.94. The second-order valence-corrected chi connectivity index (χ2v) is 3.58. The zero-order valence-electron chi connectivity index (χ0n) is 8.96. The van der Waals surface area contributed by atoms with Crippen molar-refractivity contribution in [2.24, 2.45) is 5.29 Å². The van der Waals surface area contributed by atoms with Gasteiger partial charge in [-0.25, -0.2) is 0 Å². The Kier molecular flexibility index (Phi) is 9.05. The summed E-state index contributed by atoms with van der Waals surface area (Å²) in [6.07, 6.45) is 8.97. The first-order valence-electron chi connectivity index (χ1n) is 5.35. The molecule has 0 N–H and O–H groups in total. The van der Waals surface area contributed by atoms with Crippen molar-refractivity contribution in [3.8, 4) is 0 Å². The van der Waals surface area contributed by atoms with E-state index in [9.17, 15) is 4.91 Å². The van der Waals surface area contributed by atoms with Crippen molar-refractivity contribution in [1.82, 2.24) is 5.01 Å². The second-order valence-electron chi connectivity index (χ2n) is 3.58. The van der Waals surface area contributed by atoms with E-state index in [0.717, 1.165) is 13.0 Å². The van der Waals surface area contributed by atoms with Crippen LogP contribution >= 0.6 is 0 Å². The molecule has 0 saturated heterocycles. The third-order valence-corrected chi connectivity index (χ3v) is 2.22. The Bertz CT molecular complexity index is 117. The first-order chi connectivity index (χ1) is 6.31. The van der Waals surface area contributed by atoms with Crippen molar-refractivity contribution >= 4 is 0 Å². The van der Waals surface area contributed by atoms with E-state index in [1.54, 1.807) is 7.05 Å². The molecule has 0 atom stereocenters. The molecule has 0 fully saturated rings. The number of unbranched alkanes of at least 4 members (excludes halogenated alkanes) is 6. The Hall–Kier alpha value is -0.600. The first-order valence-corrected chi connectivity index (χ1v) is 5.35. The number of hydrogen-bond acceptors (Lipinski definition) is 2. The number of nitrogens with zero attached hydrogens (tertiary/aromatic N) is 2. The molecule has 0 rings (SSSR count). The first kappa shape index (κ1) is 12.4. The van der Waals surface area contributed by atoms with Crippen LogP contribution in [0.25, 0.3) is 0 Å². The normalized spacial score (nSPS) is 10.0. The van der Waals surface area contributed by atoms with E-state index >= 15 is 0 Å². The lowest BCUT2D eigenvalue weighted by Crippen LogP contribution is -2.10. The molecule has 3 heteroatoms. The Balaban J connectivity index is 2.95. The Morgan fingerprint density at radius 1 is 1.00 bits per heavy atom. The maximum atomic E-state index is 9.99. The van der Waals surface area contributed by atoms with Crippen LogP contribution in [-0.4, -0.2) is 18.6 Å². The molecule has 0 aliphatic carbocycles. The van der Waals surface area contributed by atoms with E-state index in [4.69, 9.17) is 0 Å². The van der Waals surface area contributed by atoms with Crippen LogP contribution in [-0.2, 0) is 0 Å².